The number of hydrogen-bond acceptors (Lipinski definition) is 2. The third kappa shape index (κ3) is 2.94. The van der Waals surface area contributed by atoms with E-state index in [1.807, 2.05) is 18.5 Å². The van der Waals surface area contributed by atoms with Crippen LogP contribution >= 0.6 is 0 Å². The van der Waals surface area contributed by atoms with Crippen LogP contribution in [0.5, 0.6) is 5.75 Å². The molecule has 3 nitrogen and oxygen atoms in total. The van der Waals surface area contributed by atoms with Gasteiger partial charge in [-0.25, -0.2) is 4.98 Å². The molecular formula is C21H24N2O. The normalized spacial score (nSPS) is 13.7. The zero-order chi connectivity index (χ0) is 17.0. The number of aromatic amines is 1. The van der Waals surface area contributed by atoms with E-state index >= 15 is 0 Å². The Morgan fingerprint density at radius 2 is 1.79 bits per heavy atom. The summed E-state index contributed by atoms with van der Waals surface area (Å²) in [6.07, 6.45) is 4.68. The molecule has 0 fully saturated rings. The summed E-state index contributed by atoms with van der Waals surface area (Å²) in [5.41, 5.74) is 2.10. The number of hydrogen-bond donors (Lipinski definition) is 1. The summed E-state index contributed by atoms with van der Waals surface area (Å²) in [7, 11) is 1.71. The Morgan fingerprint density at radius 1 is 1.04 bits per heavy atom. The van der Waals surface area contributed by atoms with Gasteiger partial charge in [0, 0.05) is 12.4 Å². The highest BCUT2D eigenvalue weighted by atomic mass is 16.5. The van der Waals surface area contributed by atoms with E-state index in [9.17, 15) is 0 Å². The molecule has 2 aromatic carbocycles. The third-order valence-corrected chi connectivity index (χ3v) is 4.45. The van der Waals surface area contributed by atoms with Gasteiger partial charge in [0.15, 0.2) is 0 Å². The van der Waals surface area contributed by atoms with Crippen LogP contribution in [0.4, 0.5) is 0 Å². The van der Waals surface area contributed by atoms with Gasteiger partial charge in [0.1, 0.15) is 11.6 Å². The first kappa shape index (κ1) is 16.3. The lowest BCUT2D eigenvalue weighted by molar-refractivity contribution is 0.407. The molecule has 0 aliphatic rings. The van der Waals surface area contributed by atoms with E-state index in [0.29, 0.717) is 5.92 Å². The highest BCUT2D eigenvalue weighted by Crippen LogP contribution is 2.43. The predicted octanol–water partition coefficient (Wildman–Crippen LogP) is 4.80. The average molecular weight is 320 g/mol. The van der Waals surface area contributed by atoms with Gasteiger partial charge in [-0.3, -0.25) is 0 Å². The number of benzene rings is 2. The summed E-state index contributed by atoms with van der Waals surface area (Å²) in [6, 6.07) is 18.9. The van der Waals surface area contributed by atoms with E-state index in [2.05, 4.69) is 72.3 Å². The number of ether oxygens (including phenoxy) is 1. The molecule has 1 N–H and O–H groups in total. The molecule has 1 unspecified atom stereocenters. The van der Waals surface area contributed by atoms with Crippen LogP contribution in [0.1, 0.15) is 37.2 Å². The Kier molecular flexibility index (Phi) is 4.70. The fourth-order valence-electron chi connectivity index (χ4n) is 3.49. The summed E-state index contributed by atoms with van der Waals surface area (Å²) in [5, 5.41) is 0. The van der Waals surface area contributed by atoms with Crippen molar-refractivity contribution in [2.45, 2.75) is 25.7 Å². The van der Waals surface area contributed by atoms with E-state index in [-0.39, 0.29) is 5.41 Å². The molecule has 0 radical (unpaired) electrons. The zero-order valence-corrected chi connectivity index (χ0v) is 14.5. The molecule has 0 saturated heterocycles. The largest absolute Gasteiger partial charge is 0.497 e. The van der Waals surface area contributed by atoms with Crippen LogP contribution in [-0.4, -0.2) is 17.1 Å². The maximum Gasteiger partial charge on any atom is 0.121 e. The Labute approximate surface area is 143 Å². The van der Waals surface area contributed by atoms with Crippen LogP contribution in [0.3, 0.4) is 0 Å². The van der Waals surface area contributed by atoms with Gasteiger partial charge in [-0.1, -0.05) is 56.3 Å². The van der Waals surface area contributed by atoms with E-state index < -0.39 is 0 Å². The molecule has 124 valence electrons. The Balaban J connectivity index is 2.29. The molecule has 0 saturated carbocycles. The summed E-state index contributed by atoms with van der Waals surface area (Å²) in [6.45, 7) is 4.50. The Bertz CT molecular complexity index is 766. The number of nitrogens with zero attached hydrogens (tertiary/aromatic N) is 1. The Morgan fingerprint density at radius 3 is 2.42 bits per heavy atom. The van der Waals surface area contributed by atoms with Crippen molar-refractivity contribution in [2.75, 3.05) is 7.11 Å². The molecule has 1 aromatic heterocycles. The molecule has 0 aliphatic heterocycles. The lowest BCUT2D eigenvalue weighted by Crippen LogP contribution is -2.32. The van der Waals surface area contributed by atoms with Crippen LogP contribution < -0.4 is 4.74 Å². The first-order valence-corrected chi connectivity index (χ1v) is 8.36. The quantitative estimate of drug-likeness (QED) is 0.708. The van der Waals surface area contributed by atoms with Crippen molar-refractivity contribution in [3.05, 3.63) is 83.9 Å². The van der Waals surface area contributed by atoms with Crippen molar-refractivity contribution in [1.29, 1.82) is 0 Å². The molecule has 0 bridgehead atoms. The number of H-pyrrole nitrogens is 1. The molecular weight excluding hydrogens is 296 g/mol. The standard InChI is InChI=1S/C21H24N2O/c1-16(2)15-21(20-22-12-13-23-20,17-8-5-4-6-9-17)18-10-7-11-19(14-18)24-3/h4-14,16H,15H2,1-3H3,(H,22,23). The number of methoxy groups -OCH3 is 1. The van der Waals surface area contributed by atoms with Crippen molar-refractivity contribution in [3.63, 3.8) is 0 Å². The molecule has 0 aliphatic carbocycles. The van der Waals surface area contributed by atoms with Crippen molar-refractivity contribution < 1.29 is 4.74 Å². The molecule has 1 heterocycles. The summed E-state index contributed by atoms with van der Waals surface area (Å²) in [4.78, 5) is 8.02. The number of imidazole rings is 1. The van der Waals surface area contributed by atoms with Gasteiger partial charge in [-0.15, -0.1) is 0 Å². The summed E-state index contributed by atoms with van der Waals surface area (Å²) >= 11 is 0. The van der Waals surface area contributed by atoms with Crippen LogP contribution in [0.2, 0.25) is 0 Å². The van der Waals surface area contributed by atoms with E-state index in [4.69, 9.17) is 4.74 Å². The van der Waals surface area contributed by atoms with Crippen molar-refractivity contribution >= 4 is 0 Å². The van der Waals surface area contributed by atoms with Crippen molar-refractivity contribution in [1.82, 2.24) is 9.97 Å². The molecule has 3 aromatic rings. The molecule has 0 amide bonds. The second kappa shape index (κ2) is 6.91. The maximum atomic E-state index is 5.48. The second-order valence-electron chi connectivity index (χ2n) is 6.54. The topological polar surface area (TPSA) is 37.9 Å². The third-order valence-electron chi connectivity index (χ3n) is 4.45. The van der Waals surface area contributed by atoms with E-state index in [1.165, 1.54) is 11.1 Å². The average Bonchev–Trinajstić information content (AvgIpc) is 3.15. The zero-order valence-electron chi connectivity index (χ0n) is 14.5. The van der Waals surface area contributed by atoms with Gasteiger partial charge in [0.25, 0.3) is 0 Å². The van der Waals surface area contributed by atoms with Gasteiger partial charge < -0.3 is 9.72 Å². The smallest absolute Gasteiger partial charge is 0.121 e. The maximum absolute atomic E-state index is 5.48. The number of nitrogens with one attached hydrogen (secondary N) is 1. The van der Waals surface area contributed by atoms with Crippen LogP contribution in [0.25, 0.3) is 0 Å². The van der Waals surface area contributed by atoms with Gasteiger partial charge in [-0.2, -0.15) is 0 Å². The van der Waals surface area contributed by atoms with Gasteiger partial charge in [-0.05, 0) is 35.6 Å². The minimum absolute atomic E-state index is 0.326. The summed E-state index contributed by atoms with van der Waals surface area (Å²) in [5.74, 6) is 2.33. The lowest BCUT2D eigenvalue weighted by atomic mass is 9.69. The van der Waals surface area contributed by atoms with E-state index in [0.717, 1.165) is 18.0 Å². The highest BCUT2D eigenvalue weighted by Gasteiger charge is 2.39. The Hall–Kier alpha value is -2.55. The first-order valence-electron chi connectivity index (χ1n) is 8.36. The van der Waals surface area contributed by atoms with Crippen LogP contribution in [0, 0.1) is 5.92 Å². The SMILES string of the molecule is COc1cccc(C(CC(C)C)(c2ccccc2)c2ncc[nH]2)c1. The minimum Gasteiger partial charge on any atom is -0.497 e. The van der Waals surface area contributed by atoms with Crippen molar-refractivity contribution in [3.8, 4) is 5.75 Å². The van der Waals surface area contributed by atoms with Crippen molar-refractivity contribution in [2.24, 2.45) is 5.92 Å². The fourth-order valence-corrected chi connectivity index (χ4v) is 3.49. The van der Waals surface area contributed by atoms with Gasteiger partial charge >= 0.3 is 0 Å². The lowest BCUT2D eigenvalue weighted by Gasteiger charge is -2.35. The van der Waals surface area contributed by atoms with Gasteiger partial charge in [0.2, 0.25) is 0 Å². The highest BCUT2D eigenvalue weighted by molar-refractivity contribution is 5.48. The minimum atomic E-state index is -0.326. The fraction of sp³-hybridized carbons (Fsp3) is 0.286. The van der Waals surface area contributed by atoms with Crippen LogP contribution in [0.15, 0.2) is 67.0 Å². The molecule has 24 heavy (non-hydrogen) atoms. The van der Waals surface area contributed by atoms with Gasteiger partial charge in [0.05, 0.1) is 12.5 Å². The second-order valence-corrected chi connectivity index (χ2v) is 6.54. The predicted molar refractivity (Wildman–Crippen MR) is 97.4 cm³/mol. The monoisotopic (exact) mass is 320 g/mol. The molecule has 3 heteroatoms. The van der Waals surface area contributed by atoms with Crippen LogP contribution in [-0.2, 0) is 5.41 Å². The number of rotatable bonds is 6. The molecule has 0 spiro atoms. The van der Waals surface area contributed by atoms with E-state index in [1.54, 1.807) is 7.11 Å². The molecule has 1 atom stereocenters. The number of aromatic nitrogens is 2. The first-order chi connectivity index (χ1) is 11.7. The summed E-state index contributed by atoms with van der Waals surface area (Å²) < 4.78 is 5.48. The molecule has 3 rings (SSSR count).